The van der Waals surface area contributed by atoms with Crippen LogP contribution in [0.4, 0.5) is 0 Å². The molecule has 234 valence electrons. The first kappa shape index (κ1) is 31.3. The molecule has 0 radical (unpaired) electrons. The summed E-state index contributed by atoms with van der Waals surface area (Å²) in [6.45, 7) is 13.1. The molecule has 0 bridgehead atoms. The van der Waals surface area contributed by atoms with Crippen molar-refractivity contribution in [3.05, 3.63) is 83.4 Å². The van der Waals surface area contributed by atoms with E-state index >= 15 is 0 Å². The van der Waals surface area contributed by atoms with Crippen LogP contribution < -0.4 is 23.7 Å². The Bertz CT molecular complexity index is 1410. The molecule has 0 aromatic heterocycles. The number of carbonyl (C=O) groups excluding carboxylic acids is 1. The van der Waals surface area contributed by atoms with Crippen LogP contribution in [0.3, 0.4) is 0 Å². The van der Waals surface area contributed by atoms with Gasteiger partial charge in [0.05, 0.1) is 7.11 Å². The van der Waals surface area contributed by atoms with E-state index in [2.05, 4.69) is 41.5 Å². The van der Waals surface area contributed by atoms with Gasteiger partial charge in [-0.05, 0) is 113 Å². The number of hydrogen-bond acceptors (Lipinski definition) is 7. The summed E-state index contributed by atoms with van der Waals surface area (Å²) >= 11 is 0. The van der Waals surface area contributed by atoms with Gasteiger partial charge in [-0.3, -0.25) is 0 Å². The van der Waals surface area contributed by atoms with E-state index in [9.17, 15) is 4.79 Å². The molecule has 0 aliphatic carbocycles. The van der Waals surface area contributed by atoms with Gasteiger partial charge in [-0.2, -0.15) is 0 Å². The normalized spacial score (nSPS) is 20.3. The lowest BCUT2D eigenvalue weighted by Gasteiger charge is -2.36. The minimum absolute atomic E-state index is 0.125. The Balaban J connectivity index is 1.28. The van der Waals surface area contributed by atoms with E-state index in [1.54, 1.807) is 13.2 Å². The maximum absolute atomic E-state index is 12.9. The smallest absolute Gasteiger partial charge is 0.331 e. The first-order chi connectivity index (χ1) is 20.9. The Labute approximate surface area is 261 Å². The fourth-order valence-corrected chi connectivity index (χ4v) is 6.14. The predicted molar refractivity (Wildman–Crippen MR) is 171 cm³/mol. The molecule has 44 heavy (non-hydrogen) atoms. The fraction of sp³-hybridized carbons (Fsp3) is 0.432. The maximum atomic E-state index is 12.9. The Morgan fingerprint density at radius 1 is 0.795 bits per heavy atom. The standard InChI is InChI=1S/C37H44O7/c1-24-20-36(3,4)43-33-15-13-28(18-31(24)33)40-22-30(42-35(38)17-10-26-8-11-27(39-7)12-9-26)23-41-29-14-16-34-32(19-29)25(2)21-37(5,6)44-34/h8-19,24-25,30H,20-23H2,1-7H3. The van der Waals surface area contributed by atoms with Gasteiger partial charge >= 0.3 is 5.97 Å². The van der Waals surface area contributed by atoms with Gasteiger partial charge in [-0.25, -0.2) is 4.79 Å². The Morgan fingerprint density at radius 3 is 1.75 bits per heavy atom. The van der Waals surface area contributed by atoms with Crippen molar-refractivity contribution in [1.82, 2.24) is 0 Å². The molecule has 0 fully saturated rings. The molecule has 0 saturated heterocycles. The van der Waals surface area contributed by atoms with Crippen LogP contribution in [0.2, 0.25) is 0 Å². The van der Waals surface area contributed by atoms with E-state index in [0.717, 1.165) is 46.8 Å². The van der Waals surface area contributed by atoms with Crippen LogP contribution in [0, 0.1) is 0 Å². The molecule has 7 nitrogen and oxygen atoms in total. The second kappa shape index (κ2) is 12.8. The summed E-state index contributed by atoms with van der Waals surface area (Å²) in [7, 11) is 1.62. The molecule has 0 spiro atoms. The predicted octanol–water partition coefficient (Wildman–Crippen LogP) is 8.11. The molecular weight excluding hydrogens is 556 g/mol. The van der Waals surface area contributed by atoms with Crippen molar-refractivity contribution in [2.24, 2.45) is 0 Å². The van der Waals surface area contributed by atoms with E-state index in [-0.39, 0.29) is 24.4 Å². The van der Waals surface area contributed by atoms with E-state index in [1.807, 2.05) is 60.7 Å². The minimum atomic E-state index is -0.657. The summed E-state index contributed by atoms with van der Waals surface area (Å²) in [6.07, 6.45) is 4.29. The van der Waals surface area contributed by atoms with Gasteiger partial charge in [-0.15, -0.1) is 0 Å². The lowest BCUT2D eigenvalue weighted by Crippen LogP contribution is -2.34. The zero-order chi connectivity index (χ0) is 31.5. The van der Waals surface area contributed by atoms with Gasteiger partial charge in [0.1, 0.15) is 53.2 Å². The van der Waals surface area contributed by atoms with Gasteiger partial charge in [-0.1, -0.05) is 26.0 Å². The van der Waals surface area contributed by atoms with E-state index in [1.165, 1.54) is 6.08 Å². The van der Waals surface area contributed by atoms with Crippen molar-refractivity contribution in [3.63, 3.8) is 0 Å². The lowest BCUT2D eigenvalue weighted by molar-refractivity contribution is -0.146. The summed E-state index contributed by atoms with van der Waals surface area (Å²) in [4.78, 5) is 12.9. The van der Waals surface area contributed by atoms with Crippen molar-refractivity contribution in [1.29, 1.82) is 0 Å². The largest absolute Gasteiger partial charge is 0.497 e. The third-order valence-electron chi connectivity index (χ3n) is 8.07. The van der Waals surface area contributed by atoms with Gasteiger partial charge in [0.25, 0.3) is 0 Å². The second-order valence-corrected chi connectivity index (χ2v) is 13.1. The highest BCUT2D eigenvalue weighted by Crippen LogP contribution is 2.43. The molecule has 0 saturated carbocycles. The number of ether oxygens (including phenoxy) is 6. The van der Waals surface area contributed by atoms with Crippen LogP contribution in [0.1, 0.15) is 82.9 Å². The first-order valence-corrected chi connectivity index (χ1v) is 15.3. The molecule has 2 aliphatic heterocycles. The number of methoxy groups -OCH3 is 1. The molecule has 2 unspecified atom stereocenters. The van der Waals surface area contributed by atoms with Crippen LogP contribution in [0.15, 0.2) is 66.7 Å². The van der Waals surface area contributed by atoms with Gasteiger partial charge in [0, 0.05) is 17.2 Å². The van der Waals surface area contributed by atoms with E-state index in [0.29, 0.717) is 23.3 Å². The highest BCUT2D eigenvalue weighted by molar-refractivity contribution is 5.87. The van der Waals surface area contributed by atoms with E-state index < -0.39 is 12.1 Å². The third-order valence-corrected chi connectivity index (χ3v) is 8.07. The Morgan fingerprint density at radius 2 is 1.27 bits per heavy atom. The quantitative estimate of drug-likeness (QED) is 0.172. The average Bonchev–Trinajstić information content (AvgIpc) is 2.97. The van der Waals surface area contributed by atoms with Gasteiger partial charge < -0.3 is 28.4 Å². The van der Waals surface area contributed by atoms with Crippen LogP contribution in [-0.2, 0) is 9.53 Å². The van der Waals surface area contributed by atoms with Crippen molar-refractivity contribution >= 4 is 12.0 Å². The number of benzene rings is 3. The number of esters is 1. The lowest BCUT2D eigenvalue weighted by atomic mass is 9.86. The topological polar surface area (TPSA) is 72.5 Å². The minimum Gasteiger partial charge on any atom is -0.497 e. The summed E-state index contributed by atoms with van der Waals surface area (Å²) in [5, 5.41) is 0. The zero-order valence-corrected chi connectivity index (χ0v) is 26.8. The summed E-state index contributed by atoms with van der Waals surface area (Å²) in [5.41, 5.74) is 2.67. The van der Waals surface area contributed by atoms with E-state index in [4.69, 9.17) is 28.4 Å². The Hall–Kier alpha value is -4.13. The molecule has 2 atom stereocenters. The van der Waals surface area contributed by atoms with Crippen LogP contribution in [-0.4, -0.2) is 43.6 Å². The molecule has 3 aromatic carbocycles. The fourth-order valence-electron chi connectivity index (χ4n) is 6.14. The zero-order valence-electron chi connectivity index (χ0n) is 26.8. The molecule has 2 aliphatic rings. The van der Waals surface area contributed by atoms with Crippen molar-refractivity contribution in [2.75, 3.05) is 20.3 Å². The average molecular weight is 601 g/mol. The summed E-state index contributed by atoms with van der Waals surface area (Å²) in [5.74, 6) is 4.07. The Kier molecular flexibility index (Phi) is 9.14. The van der Waals surface area contributed by atoms with Gasteiger partial charge in [0.2, 0.25) is 0 Å². The molecule has 2 heterocycles. The molecule has 3 aromatic rings. The molecule has 5 rings (SSSR count). The van der Waals surface area contributed by atoms with Crippen molar-refractivity contribution in [2.45, 2.75) is 83.5 Å². The SMILES string of the molecule is COc1ccc(C=CC(=O)OC(COc2ccc3c(c2)C(C)CC(C)(C)O3)COc2ccc3c(c2)C(C)CC(C)(C)O3)cc1. The van der Waals surface area contributed by atoms with Crippen molar-refractivity contribution < 1.29 is 33.2 Å². The van der Waals surface area contributed by atoms with Crippen molar-refractivity contribution in [3.8, 4) is 28.7 Å². The first-order valence-electron chi connectivity index (χ1n) is 15.3. The summed E-state index contributed by atoms with van der Waals surface area (Å²) in [6, 6.07) is 19.1. The molecular formula is C37H44O7. The van der Waals surface area contributed by atoms with Crippen LogP contribution >= 0.6 is 0 Å². The monoisotopic (exact) mass is 600 g/mol. The number of hydrogen-bond donors (Lipinski definition) is 0. The third kappa shape index (κ3) is 7.87. The molecule has 0 amide bonds. The number of fused-ring (bicyclic) bond motifs is 2. The number of carbonyl (C=O) groups is 1. The van der Waals surface area contributed by atoms with Crippen LogP contribution in [0.5, 0.6) is 28.7 Å². The summed E-state index contributed by atoms with van der Waals surface area (Å²) < 4.78 is 35.7. The van der Waals surface area contributed by atoms with Gasteiger partial charge in [0.15, 0.2) is 6.10 Å². The molecule has 7 heteroatoms. The highest BCUT2D eigenvalue weighted by atomic mass is 16.6. The second-order valence-electron chi connectivity index (χ2n) is 13.1. The number of rotatable bonds is 10. The van der Waals surface area contributed by atoms with Crippen LogP contribution in [0.25, 0.3) is 6.08 Å². The molecule has 0 N–H and O–H groups in total. The highest BCUT2D eigenvalue weighted by Gasteiger charge is 2.33. The maximum Gasteiger partial charge on any atom is 0.331 e.